The minimum Gasteiger partial charge on any atom is -0.291 e. The number of hydrogen-bond acceptors (Lipinski definition) is 3. The maximum atomic E-state index is 5.42. The minimum absolute atomic E-state index is 0.964. The van der Waals surface area contributed by atoms with Crippen molar-refractivity contribution in [3.63, 3.8) is 0 Å². The second-order valence-corrected chi connectivity index (χ2v) is 9.66. The first-order valence-electron chi connectivity index (χ1n) is 12.0. The van der Waals surface area contributed by atoms with Crippen molar-refractivity contribution in [3.05, 3.63) is 108 Å². The Labute approximate surface area is 200 Å². The van der Waals surface area contributed by atoms with E-state index < -0.39 is 0 Å². The normalized spacial score (nSPS) is 13.5. The maximum Gasteiger partial charge on any atom is 0.147 e. The molecule has 0 atom stereocenters. The highest BCUT2D eigenvalue weighted by atomic mass is 15.0. The number of benzene rings is 3. The third-order valence-electron chi connectivity index (χ3n) is 8.02. The molecule has 0 saturated heterocycles. The average Bonchev–Trinajstić information content (AvgIpc) is 3.60. The Morgan fingerprint density at radius 2 is 1.29 bits per heavy atom. The molecular weight excluding hydrogens is 428 g/mol. The zero-order valence-electron chi connectivity index (χ0n) is 18.8. The lowest BCUT2D eigenvalue weighted by atomic mass is 9.94. The molecule has 0 bridgehead atoms. The first kappa shape index (κ1) is 17.8. The number of rotatable bonds is 0. The van der Waals surface area contributed by atoms with Crippen LogP contribution in [0.1, 0.15) is 22.3 Å². The highest BCUT2D eigenvalue weighted by Crippen LogP contribution is 2.52. The van der Waals surface area contributed by atoms with E-state index in [9.17, 15) is 0 Å². The molecule has 0 N–H and O–H groups in total. The lowest BCUT2D eigenvalue weighted by Gasteiger charge is -2.13. The highest BCUT2D eigenvalue weighted by Gasteiger charge is 2.34. The van der Waals surface area contributed by atoms with Gasteiger partial charge in [-0.1, -0.05) is 48.5 Å². The number of hydrogen-bond donors (Lipinski definition) is 0. The second-order valence-electron chi connectivity index (χ2n) is 9.66. The third-order valence-corrected chi connectivity index (χ3v) is 8.02. The summed E-state index contributed by atoms with van der Waals surface area (Å²) in [6.45, 7) is 0. The van der Waals surface area contributed by atoms with E-state index in [2.05, 4.69) is 75.0 Å². The van der Waals surface area contributed by atoms with Gasteiger partial charge in [0.25, 0.3) is 0 Å². The van der Waals surface area contributed by atoms with Crippen LogP contribution in [0.25, 0.3) is 60.6 Å². The summed E-state index contributed by atoms with van der Waals surface area (Å²) in [4.78, 5) is 14.4. The summed E-state index contributed by atoms with van der Waals surface area (Å²) >= 11 is 0. The van der Waals surface area contributed by atoms with E-state index in [0.717, 1.165) is 45.7 Å². The zero-order valence-corrected chi connectivity index (χ0v) is 18.8. The second kappa shape index (κ2) is 6.10. The van der Waals surface area contributed by atoms with E-state index in [1.165, 1.54) is 50.0 Å². The molecular formula is C31H18N4. The lowest BCUT2D eigenvalue weighted by molar-refractivity contribution is 1.16. The van der Waals surface area contributed by atoms with Gasteiger partial charge in [-0.05, 0) is 63.7 Å². The topological polar surface area (TPSA) is 43.1 Å². The Morgan fingerprint density at radius 3 is 2.09 bits per heavy atom. The summed E-state index contributed by atoms with van der Waals surface area (Å²) in [6.07, 6.45) is 9.61. The molecule has 4 aromatic heterocycles. The van der Waals surface area contributed by atoms with Gasteiger partial charge < -0.3 is 0 Å². The molecule has 35 heavy (non-hydrogen) atoms. The van der Waals surface area contributed by atoms with E-state index in [4.69, 9.17) is 4.98 Å². The number of aromatic nitrogens is 4. The van der Waals surface area contributed by atoms with Crippen LogP contribution < -0.4 is 0 Å². The van der Waals surface area contributed by atoms with Crippen LogP contribution >= 0.6 is 0 Å². The first-order valence-corrected chi connectivity index (χ1v) is 12.0. The smallest absolute Gasteiger partial charge is 0.147 e. The van der Waals surface area contributed by atoms with Gasteiger partial charge in [0.1, 0.15) is 5.65 Å². The van der Waals surface area contributed by atoms with Crippen molar-refractivity contribution in [2.75, 3.05) is 0 Å². The Morgan fingerprint density at radius 1 is 0.629 bits per heavy atom. The standard InChI is InChI=1S/C31H18N4/c1-3-7-19-17(5-1)13-22-23-14-18-6-2-4-8-20(18)28(23)30-29(27(19)22)34-31-25-16-32-11-9-21(25)24-15-33-12-10-26(24)35(30)31/h1-12,15-16H,13-14H2. The molecule has 0 amide bonds. The predicted octanol–water partition coefficient (Wildman–Crippen LogP) is 6.73. The van der Waals surface area contributed by atoms with Gasteiger partial charge in [0.05, 0.1) is 16.6 Å². The monoisotopic (exact) mass is 446 g/mol. The van der Waals surface area contributed by atoms with E-state index in [1.54, 1.807) is 0 Å². The van der Waals surface area contributed by atoms with Crippen molar-refractivity contribution >= 4 is 38.4 Å². The number of fused-ring (bicyclic) bond motifs is 17. The van der Waals surface area contributed by atoms with E-state index >= 15 is 0 Å². The van der Waals surface area contributed by atoms with Gasteiger partial charge in [0.15, 0.2) is 0 Å². The summed E-state index contributed by atoms with van der Waals surface area (Å²) in [5, 5.41) is 3.32. The zero-order chi connectivity index (χ0) is 22.7. The number of pyridine rings is 3. The summed E-state index contributed by atoms with van der Waals surface area (Å²) in [5.41, 5.74) is 15.4. The van der Waals surface area contributed by atoms with Crippen LogP contribution in [0.3, 0.4) is 0 Å². The molecule has 7 aromatic rings. The number of nitrogens with zero attached hydrogens (tertiary/aromatic N) is 4. The molecule has 9 rings (SSSR count). The van der Waals surface area contributed by atoms with Crippen molar-refractivity contribution in [2.24, 2.45) is 0 Å². The largest absolute Gasteiger partial charge is 0.291 e. The van der Waals surface area contributed by atoms with Gasteiger partial charge in [-0.25, -0.2) is 4.98 Å². The molecule has 0 unspecified atom stereocenters. The fraction of sp³-hybridized carbons (Fsp3) is 0.0645. The SMILES string of the molecule is c1ccc2c(c1)Cc1c3c(c4c(nc5c6cnccc6c6cnccc6n54)c1-2)-c1ccccc1C3. The van der Waals surface area contributed by atoms with E-state index in [0.29, 0.717) is 0 Å². The van der Waals surface area contributed by atoms with Crippen molar-refractivity contribution < 1.29 is 0 Å². The molecule has 162 valence electrons. The Hall–Kier alpha value is -4.57. The maximum absolute atomic E-state index is 5.42. The molecule has 0 spiro atoms. The van der Waals surface area contributed by atoms with Gasteiger partial charge in [-0.15, -0.1) is 0 Å². The first-order chi connectivity index (χ1) is 17.4. The van der Waals surface area contributed by atoms with Crippen LogP contribution in [0.2, 0.25) is 0 Å². The molecule has 0 saturated carbocycles. The van der Waals surface area contributed by atoms with Crippen LogP contribution in [-0.2, 0) is 12.8 Å². The van der Waals surface area contributed by atoms with Crippen LogP contribution in [0.5, 0.6) is 0 Å². The summed E-state index contributed by atoms with van der Waals surface area (Å²) in [5.74, 6) is 0. The Balaban J connectivity index is 1.62. The van der Waals surface area contributed by atoms with Crippen molar-refractivity contribution in [1.82, 2.24) is 19.4 Å². The molecule has 3 aromatic carbocycles. The molecule has 4 heterocycles. The summed E-state index contributed by atoms with van der Waals surface area (Å²) in [7, 11) is 0. The van der Waals surface area contributed by atoms with Crippen LogP contribution in [0.4, 0.5) is 0 Å². The average molecular weight is 447 g/mol. The van der Waals surface area contributed by atoms with Gasteiger partial charge in [0, 0.05) is 46.7 Å². The fourth-order valence-corrected chi connectivity index (χ4v) is 6.61. The fourth-order valence-electron chi connectivity index (χ4n) is 6.61. The molecule has 2 aliphatic carbocycles. The van der Waals surface area contributed by atoms with Crippen LogP contribution in [-0.4, -0.2) is 19.4 Å². The predicted molar refractivity (Wildman–Crippen MR) is 140 cm³/mol. The molecule has 4 heteroatoms. The highest BCUT2D eigenvalue weighted by molar-refractivity contribution is 6.17. The van der Waals surface area contributed by atoms with Gasteiger partial charge in [-0.3, -0.25) is 14.4 Å². The quantitative estimate of drug-likeness (QED) is 0.243. The molecule has 2 aliphatic rings. The Kier molecular flexibility index (Phi) is 3.11. The van der Waals surface area contributed by atoms with Gasteiger partial charge in [-0.2, -0.15) is 0 Å². The van der Waals surface area contributed by atoms with Crippen molar-refractivity contribution in [2.45, 2.75) is 12.8 Å². The van der Waals surface area contributed by atoms with E-state index in [1.807, 2.05) is 24.8 Å². The van der Waals surface area contributed by atoms with E-state index in [-0.39, 0.29) is 0 Å². The van der Waals surface area contributed by atoms with Crippen LogP contribution in [0.15, 0.2) is 85.5 Å². The van der Waals surface area contributed by atoms with Crippen LogP contribution in [0, 0.1) is 0 Å². The summed E-state index contributed by atoms with van der Waals surface area (Å²) in [6, 6.07) is 21.9. The molecule has 0 fully saturated rings. The van der Waals surface area contributed by atoms with Crippen molar-refractivity contribution in [1.29, 1.82) is 0 Å². The molecule has 0 radical (unpaired) electrons. The molecule has 0 aliphatic heterocycles. The molecule has 4 nitrogen and oxygen atoms in total. The van der Waals surface area contributed by atoms with Crippen molar-refractivity contribution in [3.8, 4) is 22.3 Å². The van der Waals surface area contributed by atoms with Gasteiger partial charge in [0.2, 0.25) is 0 Å². The Bertz CT molecular complexity index is 2070. The minimum atomic E-state index is 0.964. The lowest BCUT2D eigenvalue weighted by Crippen LogP contribution is -1.96. The van der Waals surface area contributed by atoms with Gasteiger partial charge >= 0.3 is 0 Å². The third kappa shape index (κ3) is 2.07. The summed E-state index contributed by atoms with van der Waals surface area (Å²) < 4.78 is 2.37. The number of imidazole rings is 1.